The number of sulfonamides is 1. The topological polar surface area (TPSA) is 156 Å². The fourth-order valence-electron chi connectivity index (χ4n) is 3.09. The largest absolute Gasteiger partial charge is 0.352 e. The number of nitrogens with two attached hydrogens (primary N) is 1. The van der Waals surface area contributed by atoms with Crippen molar-refractivity contribution in [2.45, 2.75) is 31.2 Å². The molecule has 0 bridgehead atoms. The fourth-order valence-corrected chi connectivity index (χ4v) is 4.55. The maximum Gasteiger partial charge on any atom is 0.312 e. The third kappa shape index (κ3) is 5.21. The Morgan fingerprint density at radius 2 is 1.90 bits per heavy atom. The molecule has 0 spiro atoms. The molecule has 0 aliphatic carbocycles. The first-order valence-corrected chi connectivity index (χ1v) is 10.6. The van der Waals surface area contributed by atoms with E-state index in [0.717, 1.165) is 6.07 Å². The summed E-state index contributed by atoms with van der Waals surface area (Å²) in [5, 5.41) is 13.4. The number of piperazine rings is 1. The van der Waals surface area contributed by atoms with Gasteiger partial charge in [-0.3, -0.25) is 14.9 Å². The molecule has 160 valence electrons. The van der Waals surface area contributed by atoms with Gasteiger partial charge in [-0.05, 0) is 12.0 Å². The molecule has 0 radical (unpaired) electrons. The van der Waals surface area contributed by atoms with Crippen LogP contribution in [-0.2, 0) is 14.8 Å². The maximum atomic E-state index is 12.8. The molecular weight excluding hydrogens is 402 g/mol. The molecular formula is C17H25N5O6S. The van der Waals surface area contributed by atoms with Gasteiger partial charge < -0.3 is 16.0 Å². The molecule has 0 saturated carbocycles. The van der Waals surface area contributed by atoms with Gasteiger partial charge in [0.1, 0.15) is 6.04 Å². The molecule has 1 saturated heterocycles. The molecule has 3 N–H and O–H groups in total. The van der Waals surface area contributed by atoms with Gasteiger partial charge in [-0.2, -0.15) is 4.31 Å². The molecule has 1 fully saturated rings. The van der Waals surface area contributed by atoms with Crippen LogP contribution in [-0.4, -0.2) is 66.7 Å². The molecule has 1 aromatic rings. The molecule has 1 heterocycles. The van der Waals surface area contributed by atoms with Gasteiger partial charge in [0.2, 0.25) is 15.9 Å². The monoisotopic (exact) mass is 427 g/mol. The second kappa shape index (κ2) is 9.18. The number of urea groups is 1. The van der Waals surface area contributed by atoms with Gasteiger partial charge in [0.25, 0.3) is 5.69 Å². The van der Waals surface area contributed by atoms with Crippen molar-refractivity contribution >= 4 is 27.6 Å². The predicted molar refractivity (Wildman–Crippen MR) is 104 cm³/mol. The van der Waals surface area contributed by atoms with Crippen LogP contribution < -0.4 is 11.1 Å². The summed E-state index contributed by atoms with van der Waals surface area (Å²) in [6.07, 6.45) is 0.651. The van der Waals surface area contributed by atoms with E-state index in [2.05, 4.69) is 5.32 Å². The van der Waals surface area contributed by atoms with Gasteiger partial charge in [-0.15, -0.1) is 0 Å². The van der Waals surface area contributed by atoms with Crippen molar-refractivity contribution < 1.29 is 22.9 Å². The Labute approximate surface area is 169 Å². The third-order valence-electron chi connectivity index (χ3n) is 4.99. The van der Waals surface area contributed by atoms with Crippen LogP contribution in [0.15, 0.2) is 29.2 Å². The lowest BCUT2D eigenvalue weighted by Gasteiger charge is -2.36. The van der Waals surface area contributed by atoms with Crippen LogP contribution in [0.3, 0.4) is 0 Å². The Balaban J connectivity index is 2.11. The number of amides is 3. The van der Waals surface area contributed by atoms with E-state index in [1.54, 1.807) is 0 Å². The zero-order valence-corrected chi connectivity index (χ0v) is 17.1. The van der Waals surface area contributed by atoms with Gasteiger partial charge >= 0.3 is 6.03 Å². The Bertz CT molecular complexity index is 882. The van der Waals surface area contributed by atoms with E-state index >= 15 is 0 Å². The Kier molecular flexibility index (Phi) is 7.14. The standard InChI is InChI=1S/C17H25N5O6S/c1-3-12(2)15(19-17(18)24)16(23)20-7-9-21(10-8-20)29(27,28)14-6-4-5-13(11-14)22(25)26/h4-6,11-12,15H,3,7-10H2,1-2H3,(H3,18,19,24)/t12-,15+/m1/s1. The van der Waals surface area contributed by atoms with Crippen molar-refractivity contribution in [2.75, 3.05) is 26.2 Å². The van der Waals surface area contributed by atoms with Crippen LogP contribution in [0.2, 0.25) is 0 Å². The molecule has 29 heavy (non-hydrogen) atoms. The zero-order valence-electron chi connectivity index (χ0n) is 16.3. The number of carbonyl (C=O) groups excluding carboxylic acids is 2. The summed E-state index contributed by atoms with van der Waals surface area (Å²) >= 11 is 0. The predicted octanol–water partition coefficient (Wildman–Crippen LogP) is 0.511. The molecule has 3 amide bonds. The second-order valence-electron chi connectivity index (χ2n) is 6.86. The first-order valence-electron chi connectivity index (χ1n) is 9.17. The van der Waals surface area contributed by atoms with Crippen molar-refractivity contribution in [3.63, 3.8) is 0 Å². The van der Waals surface area contributed by atoms with Crippen molar-refractivity contribution in [2.24, 2.45) is 11.7 Å². The number of nitrogens with zero attached hydrogens (tertiary/aromatic N) is 3. The minimum atomic E-state index is -3.93. The average Bonchev–Trinajstić information content (AvgIpc) is 2.71. The first kappa shape index (κ1) is 22.6. The summed E-state index contributed by atoms with van der Waals surface area (Å²) in [4.78, 5) is 35.6. The summed E-state index contributed by atoms with van der Waals surface area (Å²) in [5.74, 6) is -0.452. The SMILES string of the molecule is CC[C@@H](C)[C@H](NC(N)=O)C(=O)N1CCN(S(=O)(=O)c2cccc([N+](=O)[O-])c2)CC1. The highest BCUT2D eigenvalue weighted by atomic mass is 32.2. The van der Waals surface area contributed by atoms with Gasteiger partial charge in [0, 0.05) is 38.3 Å². The van der Waals surface area contributed by atoms with Gasteiger partial charge in [-0.1, -0.05) is 26.3 Å². The number of nitro groups is 1. The number of nitro benzene ring substituents is 1. The zero-order chi connectivity index (χ0) is 21.8. The first-order chi connectivity index (χ1) is 13.6. The minimum absolute atomic E-state index is 0.0422. The number of carbonyl (C=O) groups is 2. The van der Waals surface area contributed by atoms with Gasteiger partial charge in [0.15, 0.2) is 0 Å². The van der Waals surface area contributed by atoms with E-state index in [9.17, 15) is 28.1 Å². The van der Waals surface area contributed by atoms with E-state index in [0.29, 0.717) is 6.42 Å². The lowest BCUT2D eigenvalue weighted by atomic mass is 9.97. The molecule has 2 atom stereocenters. The number of hydrogen-bond acceptors (Lipinski definition) is 6. The van der Waals surface area contributed by atoms with Crippen LogP contribution in [0, 0.1) is 16.0 Å². The molecule has 1 aliphatic heterocycles. The Hall–Kier alpha value is -2.73. The van der Waals surface area contributed by atoms with Crippen molar-refractivity contribution in [1.82, 2.24) is 14.5 Å². The third-order valence-corrected chi connectivity index (χ3v) is 6.89. The summed E-state index contributed by atoms with van der Waals surface area (Å²) < 4.78 is 26.8. The number of non-ortho nitro benzene ring substituents is 1. The van der Waals surface area contributed by atoms with Crippen LogP contribution in [0.5, 0.6) is 0 Å². The normalized spacial score (nSPS) is 17.4. The van der Waals surface area contributed by atoms with Crippen LogP contribution in [0.1, 0.15) is 20.3 Å². The Morgan fingerprint density at radius 1 is 1.28 bits per heavy atom. The van der Waals surface area contributed by atoms with E-state index < -0.39 is 27.0 Å². The van der Waals surface area contributed by atoms with E-state index in [1.807, 2.05) is 13.8 Å². The summed E-state index contributed by atoms with van der Waals surface area (Å²) in [5.41, 5.74) is 4.86. The highest BCUT2D eigenvalue weighted by Crippen LogP contribution is 2.22. The molecule has 2 rings (SSSR count). The van der Waals surface area contributed by atoms with Crippen molar-refractivity contribution in [3.8, 4) is 0 Å². The molecule has 0 aromatic heterocycles. The second-order valence-corrected chi connectivity index (χ2v) is 8.79. The number of nitrogens with one attached hydrogen (secondary N) is 1. The number of benzene rings is 1. The minimum Gasteiger partial charge on any atom is -0.352 e. The lowest BCUT2D eigenvalue weighted by molar-refractivity contribution is -0.385. The van der Waals surface area contributed by atoms with Gasteiger partial charge in [0.05, 0.1) is 9.82 Å². The molecule has 1 aromatic carbocycles. The van der Waals surface area contributed by atoms with Crippen molar-refractivity contribution in [1.29, 1.82) is 0 Å². The quantitative estimate of drug-likeness (QED) is 0.477. The van der Waals surface area contributed by atoms with Crippen molar-refractivity contribution in [3.05, 3.63) is 34.4 Å². The highest BCUT2D eigenvalue weighted by Gasteiger charge is 2.34. The summed E-state index contributed by atoms with van der Waals surface area (Å²) in [6.45, 7) is 4.07. The van der Waals surface area contributed by atoms with Crippen LogP contribution in [0.4, 0.5) is 10.5 Å². The maximum absolute atomic E-state index is 12.8. The molecule has 11 nitrogen and oxygen atoms in total. The Morgan fingerprint density at radius 3 is 2.41 bits per heavy atom. The van der Waals surface area contributed by atoms with E-state index in [4.69, 9.17) is 5.73 Å². The molecule has 0 unspecified atom stereocenters. The van der Waals surface area contributed by atoms with Crippen LogP contribution >= 0.6 is 0 Å². The van der Waals surface area contributed by atoms with Gasteiger partial charge in [-0.25, -0.2) is 13.2 Å². The summed E-state index contributed by atoms with van der Waals surface area (Å²) in [6, 6.07) is 3.28. The molecule has 12 heteroatoms. The number of hydrogen-bond donors (Lipinski definition) is 2. The lowest BCUT2D eigenvalue weighted by Crippen LogP contribution is -2.57. The highest BCUT2D eigenvalue weighted by molar-refractivity contribution is 7.89. The van der Waals surface area contributed by atoms with E-state index in [-0.39, 0.29) is 48.6 Å². The summed E-state index contributed by atoms with van der Waals surface area (Å²) in [7, 11) is -3.93. The fraction of sp³-hybridized carbons (Fsp3) is 0.529. The number of primary amides is 1. The van der Waals surface area contributed by atoms with E-state index in [1.165, 1.54) is 27.4 Å². The average molecular weight is 427 g/mol. The smallest absolute Gasteiger partial charge is 0.312 e. The molecule has 1 aliphatic rings. The van der Waals surface area contributed by atoms with Crippen LogP contribution in [0.25, 0.3) is 0 Å². The number of rotatable bonds is 7.